The van der Waals surface area contributed by atoms with Gasteiger partial charge in [0.1, 0.15) is 11.9 Å². The van der Waals surface area contributed by atoms with E-state index in [4.69, 9.17) is 4.74 Å². The van der Waals surface area contributed by atoms with Crippen molar-refractivity contribution >= 4 is 10.8 Å². The van der Waals surface area contributed by atoms with Gasteiger partial charge in [0.25, 0.3) is 0 Å². The minimum Gasteiger partial charge on any atom is -0.489 e. The maximum atomic E-state index is 6.18. The van der Waals surface area contributed by atoms with Crippen molar-refractivity contribution in [3.63, 3.8) is 0 Å². The average molecular weight is 285 g/mol. The van der Waals surface area contributed by atoms with Gasteiger partial charge < -0.3 is 10.1 Å². The van der Waals surface area contributed by atoms with E-state index in [-0.39, 0.29) is 6.10 Å². The molecule has 0 radical (unpaired) electrons. The van der Waals surface area contributed by atoms with Crippen LogP contribution in [0, 0.1) is 5.92 Å². The molecule has 0 heterocycles. The summed E-state index contributed by atoms with van der Waals surface area (Å²) in [5, 5.41) is 6.00. The highest BCUT2D eigenvalue weighted by Gasteiger charge is 2.10. The third-order valence-electron chi connectivity index (χ3n) is 3.56. The van der Waals surface area contributed by atoms with E-state index in [0.717, 1.165) is 31.7 Å². The minimum atomic E-state index is 0.245. The van der Waals surface area contributed by atoms with Crippen LogP contribution in [0.3, 0.4) is 0 Å². The second-order valence-electron chi connectivity index (χ2n) is 6.09. The predicted molar refractivity (Wildman–Crippen MR) is 91.0 cm³/mol. The van der Waals surface area contributed by atoms with E-state index in [2.05, 4.69) is 68.6 Å². The fourth-order valence-electron chi connectivity index (χ4n) is 2.49. The second kappa shape index (κ2) is 8.04. The molecule has 1 atom stereocenters. The maximum Gasteiger partial charge on any atom is 0.120 e. The molecule has 0 saturated heterocycles. The second-order valence-corrected chi connectivity index (χ2v) is 6.09. The number of hydrogen-bond donors (Lipinski definition) is 1. The molecule has 21 heavy (non-hydrogen) atoms. The van der Waals surface area contributed by atoms with Crippen molar-refractivity contribution in [1.29, 1.82) is 0 Å². The van der Waals surface area contributed by atoms with Crippen molar-refractivity contribution in [2.75, 3.05) is 13.1 Å². The predicted octanol–water partition coefficient (Wildman–Crippen LogP) is 4.63. The molecular weight excluding hydrogens is 258 g/mol. The summed E-state index contributed by atoms with van der Waals surface area (Å²) >= 11 is 0. The summed E-state index contributed by atoms with van der Waals surface area (Å²) in [6.45, 7) is 8.62. The summed E-state index contributed by atoms with van der Waals surface area (Å²) in [4.78, 5) is 0. The molecule has 2 aromatic carbocycles. The van der Waals surface area contributed by atoms with Gasteiger partial charge in [-0.25, -0.2) is 0 Å². The Morgan fingerprint density at radius 2 is 1.76 bits per heavy atom. The van der Waals surface area contributed by atoms with Gasteiger partial charge in [0.05, 0.1) is 0 Å². The minimum absolute atomic E-state index is 0.245. The lowest BCUT2D eigenvalue weighted by molar-refractivity contribution is 0.185. The van der Waals surface area contributed by atoms with Gasteiger partial charge in [-0.15, -0.1) is 0 Å². The molecular formula is C19H27NO. The van der Waals surface area contributed by atoms with Crippen molar-refractivity contribution in [2.24, 2.45) is 5.92 Å². The van der Waals surface area contributed by atoms with E-state index in [1.165, 1.54) is 10.8 Å². The van der Waals surface area contributed by atoms with Gasteiger partial charge >= 0.3 is 0 Å². The number of benzene rings is 2. The Morgan fingerprint density at radius 1 is 1.00 bits per heavy atom. The summed E-state index contributed by atoms with van der Waals surface area (Å²) in [5.74, 6) is 1.64. The Labute approximate surface area is 128 Å². The number of nitrogens with one attached hydrogen (secondary N) is 1. The van der Waals surface area contributed by atoms with Crippen LogP contribution in [0.1, 0.15) is 33.6 Å². The van der Waals surface area contributed by atoms with E-state index >= 15 is 0 Å². The van der Waals surface area contributed by atoms with Gasteiger partial charge in [-0.1, -0.05) is 57.5 Å². The molecule has 0 fully saturated rings. The fraction of sp³-hybridized carbons (Fsp3) is 0.474. The first kappa shape index (κ1) is 15.8. The van der Waals surface area contributed by atoms with E-state index in [0.29, 0.717) is 5.92 Å². The number of hydrogen-bond acceptors (Lipinski definition) is 2. The molecule has 0 saturated carbocycles. The summed E-state index contributed by atoms with van der Waals surface area (Å²) in [6, 6.07) is 14.8. The van der Waals surface area contributed by atoms with Crippen LogP contribution in [0.25, 0.3) is 10.8 Å². The van der Waals surface area contributed by atoms with E-state index in [9.17, 15) is 0 Å². The third-order valence-corrected chi connectivity index (χ3v) is 3.56. The molecule has 0 amide bonds. The Hall–Kier alpha value is -1.54. The van der Waals surface area contributed by atoms with Crippen LogP contribution >= 0.6 is 0 Å². The SMILES string of the molecule is CCCC(CNCC(C)C)Oc1ccc2ccccc2c1. The number of ether oxygens (including phenoxy) is 1. The molecule has 0 aliphatic carbocycles. The van der Waals surface area contributed by atoms with E-state index in [1.807, 2.05) is 0 Å². The lowest BCUT2D eigenvalue weighted by Crippen LogP contribution is -2.33. The van der Waals surface area contributed by atoms with E-state index in [1.54, 1.807) is 0 Å². The summed E-state index contributed by atoms with van der Waals surface area (Å²) in [5.41, 5.74) is 0. The molecule has 1 N–H and O–H groups in total. The van der Waals surface area contributed by atoms with Crippen molar-refractivity contribution in [1.82, 2.24) is 5.32 Å². The first-order valence-electron chi connectivity index (χ1n) is 8.05. The molecule has 1 unspecified atom stereocenters. The molecule has 2 rings (SSSR count). The normalized spacial score (nSPS) is 12.8. The Bertz CT molecular complexity index is 550. The van der Waals surface area contributed by atoms with Crippen LogP contribution in [-0.4, -0.2) is 19.2 Å². The summed E-state index contributed by atoms with van der Waals surface area (Å²) < 4.78 is 6.18. The van der Waals surface area contributed by atoms with Crippen LogP contribution in [0.2, 0.25) is 0 Å². The van der Waals surface area contributed by atoms with Crippen molar-refractivity contribution < 1.29 is 4.74 Å². The molecule has 0 spiro atoms. The van der Waals surface area contributed by atoms with Gasteiger partial charge in [-0.05, 0) is 41.8 Å². The zero-order chi connectivity index (χ0) is 15.1. The highest BCUT2D eigenvalue weighted by Crippen LogP contribution is 2.22. The van der Waals surface area contributed by atoms with E-state index < -0.39 is 0 Å². The maximum absolute atomic E-state index is 6.18. The Balaban J connectivity index is 2.00. The number of fused-ring (bicyclic) bond motifs is 1. The average Bonchev–Trinajstić information content (AvgIpc) is 2.47. The van der Waals surface area contributed by atoms with Crippen LogP contribution in [0.5, 0.6) is 5.75 Å². The molecule has 0 aliphatic rings. The Kier molecular flexibility index (Phi) is 6.06. The zero-order valence-corrected chi connectivity index (χ0v) is 13.4. The zero-order valence-electron chi connectivity index (χ0n) is 13.4. The summed E-state index contributed by atoms with van der Waals surface area (Å²) in [7, 11) is 0. The Morgan fingerprint density at radius 3 is 2.48 bits per heavy atom. The van der Waals surface area contributed by atoms with Gasteiger partial charge in [0, 0.05) is 6.54 Å². The topological polar surface area (TPSA) is 21.3 Å². The quantitative estimate of drug-likeness (QED) is 0.763. The van der Waals surface area contributed by atoms with Gasteiger partial charge in [0.2, 0.25) is 0 Å². The molecule has 0 aliphatic heterocycles. The highest BCUT2D eigenvalue weighted by molar-refractivity contribution is 5.83. The summed E-state index contributed by atoms with van der Waals surface area (Å²) in [6.07, 6.45) is 2.47. The monoisotopic (exact) mass is 285 g/mol. The molecule has 2 heteroatoms. The fourth-order valence-corrected chi connectivity index (χ4v) is 2.49. The van der Waals surface area contributed by atoms with Crippen molar-refractivity contribution in [2.45, 2.75) is 39.7 Å². The lowest BCUT2D eigenvalue weighted by Gasteiger charge is -2.20. The van der Waals surface area contributed by atoms with Crippen molar-refractivity contribution in [3.8, 4) is 5.75 Å². The smallest absolute Gasteiger partial charge is 0.120 e. The van der Waals surface area contributed by atoms with Gasteiger partial charge in [-0.3, -0.25) is 0 Å². The van der Waals surface area contributed by atoms with Gasteiger partial charge in [0.15, 0.2) is 0 Å². The molecule has 0 aromatic heterocycles. The number of rotatable bonds is 8. The molecule has 0 bridgehead atoms. The van der Waals surface area contributed by atoms with Gasteiger partial charge in [-0.2, -0.15) is 0 Å². The first-order chi connectivity index (χ1) is 10.2. The van der Waals surface area contributed by atoms with Crippen LogP contribution in [0.4, 0.5) is 0 Å². The standard InChI is InChI=1S/C19H27NO/c1-4-7-19(14-20-13-15(2)3)21-18-11-10-16-8-5-6-9-17(16)12-18/h5-6,8-12,15,19-20H,4,7,13-14H2,1-3H3. The van der Waals surface area contributed by atoms with Crippen molar-refractivity contribution in [3.05, 3.63) is 42.5 Å². The first-order valence-corrected chi connectivity index (χ1v) is 8.05. The largest absolute Gasteiger partial charge is 0.489 e. The van der Waals surface area contributed by atoms with Crippen LogP contribution in [0.15, 0.2) is 42.5 Å². The molecule has 2 nitrogen and oxygen atoms in total. The third kappa shape index (κ3) is 5.05. The van der Waals surface area contributed by atoms with Crippen LogP contribution in [-0.2, 0) is 0 Å². The molecule has 114 valence electrons. The van der Waals surface area contributed by atoms with Crippen LogP contribution < -0.4 is 10.1 Å². The molecule has 2 aromatic rings. The highest BCUT2D eigenvalue weighted by atomic mass is 16.5. The lowest BCUT2D eigenvalue weighted by atomic mass is 10.1.